The summed E-state index contributed by atoms with van der Waals surface area (Å²) in [6, 6.07) is 0.682. The first-order chi connectivity index (χ1) is 4.93. The molecule has 0 aromatic carbocycles. The van der Waals surface area contributed by atoms with E-state index in [9.17, 15) is 0 Å². The van der Waals surface area contributed by atoms with Gasteiger partial charge in [-0.2, -0.15) is 0 Å². The van der Waals surface area contributed by atoms with Crippen LogP contribution in [0.3, 0.4) is 0 Å². The van der Waals surface area contributed by atoms with E-state index in [4.69, 9.17) is 0 Å². The van der Waals surface area contributed by atoms with Crippen molar-refractivity contribution in [3.05, 3.63) is 0 Å². The van der Waals surface area contributed by atoms with Crippen molar-refractivity contribution in [1.82, 2.24) is 16.2 Å². The summed E-state index contributed by atoms with van der Waals surface area (Å²) in [6.07, 6.45) is 2.49. The van der Waals surface area contributed by atoms with Gasteiger partial charge in [0.25, 0.3) is 0 Å². The summed E-state index contributed by atoms with van der Waals surface area (Å²) in [5.74, 6) is 0. The molecule has 1 fully saturated rings. The highest BCUT2D eigenvalue weighted by Gasteiger charge is 2.10. The molecule has 1 rings (SSSR count). The molecule has 0 spiro atoms. The lowest BCUT2D eigenvalue weighted by Crippen LogP contribution is -2.46. The third kappa shape index (κ3) is 2.64. The highest BCUT2D eigenvalue weighted by Crippen LogP contribution is 1.99. The molecular weight excluding hydrogens is 126 g/mol. The SMILES string of the molecule is CCNNC1CCNCC1. The molecule has 1 aliphatic rings. The summed E-state index contributed by atoms with van der Waals surface area (Å²) in [6.45, 7) is 5.42. The molecule has 1 saturated heterocycles. The fourth-order valence-electron chi connectivity index (χ4n) is 1.21. The summed E-state index contributed by atoms with van der Waals surface area (Å²) in [5, 5.41) is 3.32. The molecule has 3 heteroatoms. The van der Waals surface area contributed by atoms with Gasteiger partial charge in [-0.15, -0.1) is 0 Å². The van der Waals surface area contributed by atoms with Crippen LogP contribution in [0.25, 0.3) is 0 Å². The normalized spacial score (nSPS) is 21.3. The minimum atomic E-state index is 0.682. The van der Waals surface area contributed by atoms with E-state index in [1.54, 1.807) is 0 Å². The molecule has 0 radical (unpaired) electrons. The minimum Gasteiger partial charge on any atom is -0.317 e. The van der Waals surface area contributed by atoms with Gasteiger partial charge in [0, 0.05) is 12.6 Å². The average Bonchev–Trinajstić information content (AvgIpc) is 2.03. The molecule has 3 N–H and O–H groups in total. The van der Waals surface area contributed by atoms with E-state index in [0.717, 1.165) is 19.6 Å². The van der Waals surface area contributed by atoms with Gasteiger partial charge in [-0.1, -0.05) is 6.92 Å². The highest BCUT2D eigenvalue weighted by molar-refractivity contribution is 4.71. The molecule has 3 nitrogen and oxygen atoms in total. The van der Waals surface area contributed by atoms with Crippen molar-refractivity contribution in [2.75, 3.05) is 19.6 Å². The van der Waals surface area contributed by atoms with Gasteiger partial charge < -0.3 is 5.32 Å². The molecule has 0 aromatic heterocycles. The molecule has 0 saturated carbocycles. The number of piperidine rings is 1. The topological polar surface area (TPSA) is 36.1 Å². The molecule has 0 aliphatic carbocycles. The largest absolute Gasteiger partial charge is 0.317 e. The lowest BCUT2D eigenvalue weighted by atomic mass is 10.1. The van der Waals surface area contributed by atoms with Gasteiger partial charge in [-0.05, 0) is 25.9 Å². The predicted octanol–water partition coefficient (Wildman–Crippen LogP) is -0.147. The first-order valence-electron chi connectivity index (χ1n) is 4.12. The molecule has 1 aliphatic heterocycles. The Bertz CT molecular complexity index is 78.9. The fourth-order valence-corrected chi connectivity index (χ4v) is 1.21. The van der Waals surface area contributed by atoms with Crippen molar-refractivity contribution < 1.29 is 0 Å². The maximum Gasteiger partial charge on any atom is 0.0237 e. The molecule has 60 valence electrons. The number of nitrogens with one attached hydrogen (secondary N) is 3. The Labute approximate surface area is 62.5 Å². The Hall–Kier alpha value is -0.120. The van der Waals surface area contributed by atoms with Gasteiger partial charge >= 0.3 is 0 Å². The zero-order chi connectivity index (χ0) is 7.23. The minimum absolute atomic E-state index is 0.682. The van der Waals surface area contributed by atoms with Gasteiger partial charge in [0.05, 0.1) is 0 Å². The first kappa shape index (κ1) is 7.98. The fraction of sp³-hybridized carbons (Fsp3) is 1.00. The summed E-state index contributed by atoms with van der Waals surface area (Å²) < 4.78 is 0. The lowest BCUT2D eigenvalue weighted by molar-refractivity contribution is 0.350. The average molecular weight is 143 g/mol. The maximum absolute atomic E-state index is 3.32. The van der Waals surface area contributed by atoms with E-state index < -0.39 is 0 Å². The number of hydrogen-bond donors (Lipinski definition) is 3. The number of hydrogen-bond acceptors (Lipinski definition) is 3. The Morgan fingerprint density at radius 1 is 1.40 bits per heavy atom. The predicted molar refractivity (Wildman–Crippen MR) is 42.7 cm³/mol. The van der Waals surface area contributed by atoms with Crippen LogP contribution in [-0.4, -0.2) is 25.7 Å². The van der Waals surface area contributed by atoms with Crippen LogP contribution in [0.4, 0.5) is 0 Å². The Kier molecular flexibility index (Phi) is 3.72. The zero-order valence-electron chi connectivity index (χ0n) is 6.61. The van der Waals surface area contributed by atoms with Crippen molar-refractivity contribution in [1.29, 1.82) is 0 Å². The van der Waals surface area contributed by atoms with Crippen LogP contribution in [-0.2, 0) is 0 Å². The second-order valence-electron chi connectivity index (χ2n) is 2.70. The summed E-state index contributed by atoms with van der Waals surface area (Å²) >= 11 is 0. The first-order valence-corrected chi connectivity index (χ1v) is 4.12. The lowest BCUT2D eigenvalue weighted by Gasteiger charge is -2.23. The number of rotatable bonds is 3. The second kappa shape index (κ2) is 4.66. The monoisotopic (exact) mass is 143 g/mol. The Balaban J connectivity index is 2.02. The molecule has 0 atom stereocenters. The zero-order valence-corrected chi connectivity index (χ0v) is 6.61. The van der Waals surface area contributed by atoms with E-state index in [0.29, 0.717) is 6.04 Å². The van der Waals surface area contributed by atoms with Crippen LogP contribution in [0.15, 0.2) is 0 Å². The van der Waals surface area contributed by atoms with Gasteiger partial charge in [0.2, 0.25) is 0 Å². The summed E-state index contributed by atoms with van der Waals surface area (Å²) in [4.78, 5) is 0. The van der Waals surface area contributed by atoms with Crippen LogP contribution in [0.5, 0.6) is 0 Å². The smallest absolute Gasteiger partial charge is 0.0237 e. The van der Waals surface area contributed by atoms with Gasteiger partial charge in [-0.3, -0.25) is 10.9 Å². The molecule has 0 aromatic rings. The quantitative estimate of drug-likeness (QED) is 0.481. The standard InChI is InChI=1S/C7H17N3/c1-2-9-10-7-3-5-8-6-4-7/h7-10H,2-6H2,1H3. The van der Waals surface area contributed by atoms with Gasteiger partial charge in [0.1, 0.15) is 0 Å². The van der Waals surface area contributed by atoms with E-state index in [1.165, 1.54) is 12.8 Å². The third-order valence-corrected chi connectivity index (χ3v) is 1.82. The van der Waals surface area contributed by atoms with E-state index in [1.807, 2.05) is 0 Å². The van der Waals surface area contributed by atoms with E-state index >= 15 is 0 Å². The van der Waals surface area contributed by atoms with Crippen molar-refractivity contribution in [2.24, 2.45) is 0 Å². The Morgan fingerprint density at radius 3 is 2.70 bits per heavy atom. The molecule has 0 bridgehead atoms. The second-order valence-corrected chi connectivity index (χ2v) is 2.70. The molecule has 1 heterocycles. The van der Waals surface area contributed by atoms with Crippen molar-refractivity contribution in [2.45, 2.75) is 25.8 Å². The van der Waals surface area contributed by atoms with Crippen LogP contribution in [0, 0.1) is 0 Å². The van der Waals surface area contributed by atoms with Crippen LogP contribution >= 0.6 is 0 Å². The maximum atomic E-state index is 3.32. The van der Waals surface area contributed by atoms with Crippen LogP contribution < -0.4 is 16.2 Å². The van der Waals surface area contributed by atoms with Crippen LogP contribution in [0.2, 0.25) is 0 Å². The summed E-state index contributed by atoms with van der Waals surface area (Å²) in [5.41, 5.74) is 6.42. The molecule has 0 unspecified atom stereocenters. The van der Waals surface area contributed by atoms with Gasteiger partial charge in [0.15, 0.2) is 0 Å². The van der Waals surface area contributed by atoms with Crippen molar-refractivity contribution >= 4 is 0 Å². The summed E-state index contributed by atoms with van der Waals surface area (Å²) in [7, 11) is 0. The molecular formula is C7H17N3. The third-order valence-electron chi connectivity index (χ3n) is 1.82. The van der Waals surface area contributed by atoms with Gasteiger partial charge in [-0.25, -0.2) is 0 Å². The van der Waals surface area contributed by atoms with E-state index in [2.05, 4.69) is 23.1 Å². The molecule has 0 amide bonds. The highest BCUT2D eigenvalue weighted by atomic mass is 15.4. The van der Waals surface area contributed by atoms with Crippen LogP contribution in [0.1, 0.15) is 19.8 Å². The number of hydrazine groups is 1. The Morgan fingerprint density at radius 2 is 2.10 bits per heavy atom. The molecule has 10 heavy (non-hydrogen) atoms. The van der Waals surface area contributed by atoms with E-state index in [-0.39, 0.29) is 0 Å². The van der Waals surface area contributed by atoms with Crippen molar-refractivity contribution in [3.63, 3.8) is 0 Å². The van der Waals surface area contributed by atoms with Crippen molar-refractivity contribution in [3.8, 4) is 0 Å².